The molecule has 0 aliphatic carbocycles. The molecule has 0 radical (unpaired) electrons. The van der Waals surface area contributed by atoms with Crippen molar-refractivity contribution in [1.82, 2.24) is 4.57 Å². The molecule has 8 aromatic rings. The number of benzene rings is 7. The van der Waals surface area contributed by atoms with Crippen LogP contribution in [0.5, 0.6) is 0 Å². The zero-order valence-electron chi connectivity index (χ0n) is 23.5. The zero-order valence-corrected chi connectivity index (χ0v) is 23.5. The van der Waals surface area contributed by atoms with Gasteiger partial charge in [0.25, 0.3) is 0 Å². The number of hydrogen-bond acceptors (Lipinski definition) is 0. The summed E-state index contributed by atoms with van der Waals surface area (Å²) >= 11 is 0. The molecule has 0 saturated carbocycles. The molecule has 1 heterocycles. The molecule has 1 nitrogen and oxygen atoms in total. The van der Waals surface area contributed by atoms with Crippen molar-refractivity contribution in [1.29, 1.82) is 0 Å². The van der Waals surface area contributed by atoms with E-state index in [1.54, 1.807) is 0 Å². The summed E-state index contributed by atoms with van der Waals surface area (Å²) in [6.45, 7) is 0. The van der Waals surface area contributed by atoms with Gasteiger partial charge in [-0.25, -0.2) is 0 Å². The van der Waals surface area contributed by atoms with Crippen LogP contribution in [0.3, 0.4) is 0 Å². The van der Waals surface area contributed by atoms with Crippen LogP contribution in [0.2, 0.25) is 0 Å². The van der Waals surface area contributed by atoms with Gasteiger partial charge in [0.1, 0.15) is 0 Å². The maximum atomic E-state index is 2.46. The first-order valence-electron chi connectivity index (χ1n) is 14.9. The van der Waals surface area contributed by atoms with Gasteiger partial charge in [-0.2, -0.15) is 0 Å². The van der Waals surface area contributed by atoms with Crippen molar-refractivity contribution in [2.24, 2.45) is 0 Å². The predicted molar refractivity (Wildman–Crippen MR) is 180 cm³/mol. The van der Waals surface area contributed by atoms with Crippen LogP contribution >= 0.6 is 0 Å². The monoisotopic (exact) mass is 537 g/mol. The smallest absolute Gasteiger partial charge is 0.0573 e. The average Bonchev–Trinajstić information content (AvgIpc) is 3.40. The quantitative estimate of drug-likeness (QED) is 0.186. The highest BCUT2D eigenvalue weighted by Gasteiger charge is 2.17. The van der Waals surface area contributed by atoms with Gasteiger partial charge in [-0.15, -0.1) is 0 Å². The Morgan fingerprint density at radius 2 is 0.952 bits per heavy atom. The second-order valence-corrected chi connectivity index (χ2v) is 11.2. The SMILES string of the molecule is c1ccc(-c2c3ccccc3c(CCCc3cccc4c5ccccc5n(-c5ccccc5)c34)c3ccccc23)cc1. The van der Waals surface area contributed by atoms with Crippen molar-refractivity contribution in [2.45, 2.75) is 19.3 Å². The Hall–Kier alpha value is -5.14. The van der Waals surface area contributed by atoms with Crippen molar-refractivity contribution < 1.29 is 0 Å². The summed E-state index contributed by atoms with van der Waals surface area (Å²) in [5.41, 5.74) is 9.28. The normalized spacial score (nSPS) is 11.6. The number of hydrogen-bond donors (Lipinski definition) is 0. The molecule has 7 aromatic carbocycles. The third-order valence-electron chi connectivity index (χ3n) is 8.77. The van der Waals surface area contributed by atoms with E-state index in [2.05, 4.69) is 156 Å². The van der Waals surface area contributed by atoms with E-state index in [1.165, 1.54) is 71.3 Å². The standard InChI is InChI=1S/C41H31N/c1-3-15-29(16-4-1)40-36-24-9-7-21-33(36)32(34-22-8-10-25-37(34)40)26-13-17-30-18-14-27-38-35-23-11-12-28-39(35)42(41(30)38)31-19-5-2-6-20-31/h1-12,14-16,18-25,27-28H,13,17,26H2. The molecule has 0 amide bonds. The van der Waals surface area contributed by atoms with Crippen LogP contribution in [0.25, 0.3) is 60.2 Å². The third-order valence-corrected chi connectivity index (χ3v) is 8.77. The van der Waals surface area contributed by atoms with Crippen LogP contribution in [0, 0.1) is 0 Å². The van der Waals surface area contributed by atoms with Gasteiger partial charge in [-0.05, 0) is 81.3 Å². The average molecular weight is 538 g/mol. The highest BCUT2D eigenvalue weighted by atomic mass is 15.0. The Kier molecular flexibility index (Phi) is 6.08. The molecule has 0 bridgehead atoms. The molecule has 0 aliphatic heterocycles. The van der Waals surface area contributed by atoms with Gasteiger partial charge in [-0.1, -0.05) is 133 Å². The molecule has 0 atom stereocenters. The van der Waals surface area contributed by atoms with Crippen molar-refractivity contribution >= 4 is 43.4 Å². The number of nitrogens with zero attached hydrogens (tertiary/aromatic N) is 1. The first-order valence-corrected chi connectivity index (χ1v) is 14.9. The molecule has 200 valence electrons. The lowest BCUT2D eigenvalue weighted by Crippen LogP contribution is -1.99. The lowest BCUT2D eigenvalue weighted by Gasteiger charge is -2.17. The van der Waals surface area contributed by atoms with Crippen LogP contribution < -0.4 is 0 Å². The molecule has 0 saturated heterocycles. The largest absolute Gasteiger partial charge is 0.309 e. The number of aromatic nitrogens is 1. The molecule has 8 rings (SSSR count). The first kappa shape index (κ1) is 24.6. The van der Waals surface area contributed by atoms with E-state index < -0.39 is 0 Å². The summed E-state index contributed by atoms with van der Waals surface area (Å²) in [5.74, 6) is 0. The highest BCUT2D eigenvalue weighted by Crippen LogP contribution is 2.40. The van der Waals surface area contributed by atoms with Crippen molar-refractivity contribution in [3.63, 3.8) is 0 Å². The molecule has 1 heteroatoms. The molecule has 0 spiro atoms. The molecular weight excluding hydrogens is 506 g/mol. The van der Waals surface area contributed by atoms with Crippen LogP contribution in [0.1, 0.15) is 17.5 Å². The van der Waals surface area contributed by atoms with Crippen LogP contribution in [0.4, 0.5) is 0 Å². The molecule has 42 heavy (non-hydrogen) atoms. The first-order chi connectivity index (χ1) is 20.9. The van der Waals surface area contributed by atoms with E-state index in [-0.39, 0.29) is 0 Å². The Morgan fingerprint density at radius 3 is 1.64 bits per heavy atom. The maximum absolute atomic E-state index is 2.46. The minimum atomic E-state index is 1.02. The molecule has 1 aromatic heterocycles. The minimum Gasteiger partial charge on any atom is -0.309 e. The van der Waals surface area contributed by atoms with Crippen molar-refractivity contribution in [3.05, 3.63) is 163 Å². The Morgan fingerprint density at radius 1 is 0.405 bits per heavy atom. The highest BCUT2D eigenvalue weighted by molar-refractivity contribution is 6.15. The van der Waals surface area contributed by atoms with E-state index >= 15 is 0 Å². The summed E-state index contributed by atoms with van der Waals surface area (Å²) in [6, 6.07) is 55.3. The Labute approximate surface area is 246 Å². The summed E-state index contributed by atoms with van der Waals surface area (Å²) in [5, 5.41) is 8.05. The number of fused-ring (bicyclic) bond motifs is 5. The molecule has 0 fully saturated rings. The fourth-order valence-electron chi connectivity index (χ4n) is 7.00. The van der Waals surface area contributed by atoms with Crippen LogP contribution in [-0.2, 0) is 12.8 Å². The molecule has 0 unspecified atom stereocenters. The second-order valence-electron chi connectivity index (χ2n) is 11.2. The fraction of sp³-hybridized carbons (Fsp3) is 0.0732. The van der Waals surface area contributed by atoms with Gasteiger partial charge in [-0.3, -0.25) is 0 Å². The van der Waals surface area contributed by atoms with E-state index in [0.717, 1.165) is 19.3 Å². The van der Waals surface area contributed by atoms with E-state index in [9.17, 15) is 0 Å². The van der Waals surface area contributed by atoms with E-state index in [1.807, 2.05) is 0 Å². The second kappa shape index (κ2) is 10.4. The van der Waals surface area contributed by atoms with Gasteiger partial charge in [0.05, 0.1) is 11.0 Å². The van der Waals surface area contributed by atoms with Gasteiger partial charge < -0.3 is 4.57 Å². The lowest BCUT2D eigenvalue weighted by molar-refractivity contribution is 0.831. The number of aryl methyl sites for hydroxylation is 2. The van der Waals surface area contributed by atoms with Crippen molar-refractivity contribution in [3.8, 4) is 16.8 Å². The van der Waals surface area contributed by atoms with Crippen LogP contribution in [0.15, 0.2) is 152 Å². The Bertz CT molecular complexity index is 2150. The van der Waals surface area contributed by atoms with Crippen LogP contribution in [-0.4, -0.2) is 4.57 Å². The van der Waals surface area contributed by atoms with E-state index in [4.69, 9.17) is 0 Å². The van der Waals surface area contributed by atoms with Gasteiger partial charge >= 0.3 is 0 Å². The van der Waals surface area contributed by atoms with Gasteiger partial charge in [0.2, 0.25) is 0 Å². The van der Waals surface area contributed by atoms with Crippen molar-refractivity contribution in [2.75, 3.05) is 0 Å². The predicted octanol–water partition coefficient (Wildman–Crippen LogP) is 10.9. The summed E-state index contributed by atoms with van der Waals surface area (Å²) in [6.07, 6.45) is 3.12. The summed E-state index contributed by atoms with van der Waals surface area (Å²) < 4.78 is 2.46. The van der Waals surface area contributed by atoms with Gasteiger partial charge in [0, 0.05) is 16.5 Å². The minimum absolute atomic E-state index is 1.02. The number of rotatable bonds is 6. The van der Waals surface area contributed by atoms with Gasteiger partial charge in [0.15, 0.2) is 0 Å². The summed E-state index contributed by atoms with van der Waals surface area (Å²) in [4.78, 5) is 0. The lowest BCUT2D eigenvalue weighted by atomic mass is 9.86. The Balaban J connectivity index is 1.24. The molecule has 0 aliphatic rings. The number of para-hydroxylation sites is 3. The summed E-state index contributed by atoms with van der Waals surface area (Å²) in [7, 11) is 0. The zero-order chi connectivity index (χ0) is 27.9. The topological polar surface area (TPSA) is 4.93 Å². The third kappa shape index (κ3) is 4.01. The molecule has 0 N–H and O–H groups in total. The van der Waals surface area contributed by atoms with E-state index in [0.29, 0.717) is 0 Å². The fourth-order valence-corrected chi connectivity index (χ4v) is 7.00. The maximum Gasteiger partial charge on any atom is 0.0573 e. The molecular formula is C41H31N.